The molecule has 37 heavy (non-hydrogen) atoms. The van der Waals surface area contributed by atoms with Gasteiger partial charge in [0.15, 0.2) is 0 Å². The summed E-state index contributed by atoms with van der Waals surface area (Å²) >= 11 is 0. The molecular weight excluding hydrogens is 486 g/mol. The highest BCUT2D eigenvalue weighted by Crippen LogP contribution is 2.42. The molecule has 3 aromatic carbocycles. The number of carbonyl (C=O) groups excluding carboxylic acids is 2. The molecule has 0 bridgehead atoms. The lowest BCUT2D eigenvalue weighted by molar-refractivity contribution is -0.140. The Morgan fingerprint density at radius 1 is 1.03 bits per heavy atom. The van der Waals surface area contributed by atoms with Crippen LogP contribution in [0.2, 0.25) is 0 Å². The van der Waals surface area contributed by atoms with Gasteiger partial charge in [0.25, 0.3) is 10.0 Å². The van der Waals surface area contributed by atoms with Gasteiger partial charge in [-0.05, 0) is 56.7 Å². The first-order valence-electron chi connectivity index (χ1n) is 12.8. The fourth-order valence-electron chi connectivity index (χ4n) is 4.77. The molecule has 0 saturated carbocycles. The molecule has 0 unspecified atom stereocenters. The minimum atomic E-state index is -3.67. The van der Waals surface area contributed by atoms with Crippen LogP contribution in [0, 0.1) is 6.92 Å². The molecule has 2 amide bonds. The molecule has 4 rings (SSSR count). The van der Waals surface area contributed by atoms with Crippen LogP contribution in [-0.2, 0) is 26.2 Å². The van der Waals surface area contributed by atoms with Gasteiger partial charge in [0.2, 0.25) is 11.8 Å². The number of anilines is 1. The lowest BCUT2D eigenvalue weighted by Gasteiger charge is -2.30. The van der Waals surface area contributed by atoms with E-state index in [9.17, 15) is 18.0 Å². The fourth-order valence-corrected chi connectivity index (χ4v) is 6.52. The summed E-state index contributed by atoms with van der Waals surface area (Å²) in [5.41, 5.74) is 2.67. The summed E-state index contributed by atoms with van der Waals surface area (Å²) in [6, 6.07) is 18.1. The molecular formula is C29H35N3O4S. The van der Waals surface area contributed by atoms with Crippen molar-refractivity contribution in [2.45, 2.75) is 70.5 Å². The molecule has 0 aromatic heterocycles. The van der Waals surface area contributed by atoms with Crippen LogP contribution in [0.3, 0.4) is 0 Å². The Kier molecular flexibility index (Phi) is 7.87. The van der Waals surface area contributed by atoms with Crippen molar-refractivity contribution in [3.05, 3.63) is 71.8 Å². The summed E-state index contributed by atoms with van der Waals surface area (Å²) in [6.45, 7) is 8.16. The molecule has 0 aliphatic carbocycles. The molecule has 7 nitrogen and oxygen atoms in total. The normalized spacial score (nSPS) is 15.4. The zero-order chi connectivity index (χ0) is 26.7. The van der Waals surface area contributed by atoms with Crippen molar-refractivity contribution >= 4 is 38.3 Å². The Morgan fingerprint density at radius 3 is 2.43 bits per heavy atom. The molecule has 3 aromatic rings. The monoisotopic (exact) mass is 521 g/mol. The predicted octanol–water partition coefficient (Wildman–Crippen LogP) is 4.77. The fraction of sp³-hybridized carbons (Fsp3) is 0.379. The first-order valence-corrected chi connectivity index (χ1v) is 14.3. The second-order valence-corrected chi connectivity index (χ2v) is 11.6. The summed E-state index contributed by atoms with van der Waals surface area (Å²) in [5.74, 6) is -0.375. The highest BCUT2D eigenvalue weighted by Gasteiger charge is 2.35. The molecule has 2 atom stereocenters. The van der Waals surface area contributed by atoms with Crippen molar-refractivity contribution in [3.8, 4) is 0 Å². The zero-order valence-electron chi connectivity index (χ0n) is 21.9. The number of hydrogen-bond acceptors (Lipinski definition) is 4. The van der Waals surface area contributed by atoms with Gasteiger partial charge in [-0.1, -0.05) is 61.0 Å². The van der Waals surface area contributed by atoms with Crippen LogP contribution in [0.4, 0.5) is 5.69 Å². The minimum absolute atomic E-state index is 0.00980. The van der Waals surface area contributed by atoms with Crippen LogP contribution in [0.15, 0.2) is 65.6 Å². The highest BCUT2D eigenvalue weighted by molar-refractivity contribution is 7.93. The number of carbonyl (C=O) groups is 2. The van der Waals surface area contributed by atoms with Crippen molar-refractivity contribution in [2.24, 2.45) is 0 Å². The van der Waals surface area contributed by atoms with E-state index in [-0.39, 0.29) is 30.8 Å². The van der Waals surface area contributed by atoms with Crippen molar-refractivity contribution < 1.29 is 18.0 Å². The maximum absolute atomic E-state index is 13.5. The van der Waals surface area contributed by atoms with Gasteiger partial charge in [-0.2, -0.15) is 0 Å². The van der Waals surface area contributed by atoms with E-state index in [4.69, 9.17) is 0 Å². The van der Waals surface area contributed by atoms with E-state index in [0.717, 1.165) is 28.3 Å². The van der Waals surface area contributed by atoms with Crippen LogP contribution < -0.4 is 9.62 Å². The number of aryl methyl sites for hydroxylation is 1. The number of hydrogen-bond donors (Lipinski definition) is 1. The van der Waals surface area contributed by atoms with Gasteiger partial charge in [0.1, 0.15) is 6.04 Å². The van der Waals surface area contributed by atoms with Gasteiger partial charge in [-0.25, -0.2) is 8.42 Å². The Hall–Kier alpha value is -3.39. The molecule has 0 saturated heterocycles. The third kappa shape index (κ3) is 5.49. The third-order valence-corrected chi connectivity index (χ3v) is 8.89. The summed E-state index contributed by atoms with van der Waals surface area (Å²) in [5, 5.41) is 4.58. The number of nitrogens with one attached hydrogen (secondary N) is 1. The van der Waals surface area contributed by atoms with Gasteiger partial charge in [-0.3, -0.25) is 13.9 Å². The van der Waals surface area contributed by atoms with Crippen LogP contribution in [0.1, 0.15) is 51.2 Å². The molecule has 1 heterocycles. The lowest BCUT2D eigenvalue weighted by atomic mass is 10.1. The van der Waals surface area contributed by atoms with Crippen LogP contribution in [0.5, 0.6) is 0 Å². The molecule has 0 fully saturated rings. The number of nitrogens with zero attached hydrogens (tertiary/aromatic N) is 2. The summed E-state index contributed by atoms with van der Waals surface area (Å²) in [7, 11) is -3.67. The second-order valence-electron chi connectivity index (χ2n) is 9.82. The van der Waals surface area contributed by atoms with Crippen LogP contribution in [0.25, 0.3) is 10.8 Å². The molecule has 1 aliphatic rings. The zero-order valence-corrected chi connectivity index (χ0v) is 22.7. The van der Waals surface area contributed by atoms with Gasteiger partial charge < -0.3 is 10.2 Å². The number of amides is 2. The SMILES string of the molecule is CC[C@@H](C)NC(=O)[C@H](C)N(Cc1cccc(C)c1)C(=O)CCCN1c2cccc3cccc(c23)S1(=O)=O. The van der Waals surface area contributed by atoms with E-state index < -0.39 is 16.1 Å². The first-order chi connectivity index (χ1) is 17.6. The molecule has 1 aliphatic heterocycles. The number of sulfonamides is 1. The average molecular weight is 522 g/mol. The molecule has 0 spiro atoms. The predicted molar refractivity (Wildman–Crippen MR) is 147 cm³/mol. The number of rotatable bonds is 10. The maximum Gasteiger partial charge on any atom is 0.265 e. The van der Waals surface area contributed by atoms with E-state index in [1.54, 1.807) is 24.0 Å². The minimum Gasteiger partial charge on any atom is -0.352 e. The van der Waals surface area contributed by atoms with Crippen molar-refractivity contribution in [2.75, 3.05) is 10.8 Å². The average Bonchev–Trinajstić information content (AvgIpc) is 3.09. The Balaban J connectivity index is 1.50. The highest BCUT2D eigenvalue weighted by atomic mass is 32.2. The van der Waals surface area contributed by atoms with E-state index in [1.165, 1.54) is 4.31 Å². The van der Waals surface area contributed by atoms with Crippen molar-refractivity contribution in [1.29, 1.82) is 0 Å². The van der Waals surface area contributed by atoms with Gasteiger partial charge >= 0.3 is 0 Å². The lowest BCUT2D eigenvalue weighted by Crippen LogP contribution is -2.49. The first kappa shape index (κ1) is 26.7. The third-order valence-electron chi connectivity index (χ3n) is 7.04. The van der Waals surface area contributed by atoms with Gasteiger partial charge in [-0.15, -0.1) is 0 Å². The van der Waals surface area contributed by atoms with Crippen molar-refractivity contribution in [3.63, 3.8) is 0 Å². The quantitative estimate of drug-likeness (QED) is 0.416. The Labute approximate surface area is 219 Å². The Morgan fingerprint density at radius 2 is 1.73 bits per heavy atom. The van der Waals surface area contributed by atoms with Crippen molar-refractivity contribution in [1.82, 2.24) is 10.2 Å². The van der Waals surface area contributed by atoms with E-state index in [1.807, 2.05) is 69.3 Å². The molecule has 8 heteroatoms. The van der Waals surface area contributed by atoms with E-state index in [2.05, 4.69) is 5.32 Å². The smallest absolute Gasteiger partial charge is 0.265 e. The van der Waals surface area contributed by atoms with Gasteiger partial charge in [0.05, 0.1) is 10.6 Å². The van der Waals surface area contributed by atoms with Crippen LogP contribution in [-0.4, -0.2) is 43.8 Å². The van der Waals surface area contributed by atoms with Gasteiger partial charge in [0, 0.05) is 30.9 Å². The summed E-state index contributed by atoms with van der Waals surface area (Å²) < 4.78 is 27.9. The topological polar surface area (TPSA) is 86.8 Å². The largest absolute Gasteiger partial charge is 0.352 e. The molecule has 0 radical (unpaired) electrons. The standard InChI is InChI=1S/C29H35N3O4S/c1-5-21(3)30-29(34)22(4)31(19-23-11-6-10-20(2)18-23)27(33)16-9-17-32-25-14-7-12-24-13-8-15-26(28(24)25)37(32,35)36/h6-8,10-15,18,21-22H,5,9,16-17,19H2,1-4H3,(H,30,34)/t21-,22+/m1/s1. The summed E-state index contributed by atoms with van der Waals surface area (Å²) in [6.07, 6.45) is 1.27. The molecule has 1 N–H and O–H groups in total. The number of benzene rings is 3. The van der Waals surface area contributed by atoms with E-state index in [0.29, 0.717) is 23.5 Å². The van der Waals surface area contributed by atoms with Crippen LogP contribution >= 0.6 is 0 Å². The second kappa shape index (κ2) is 10.9. The Bertz CT molecular complexity index is 1410. The van der Waals surface area contributed by atoms with E-state index >= 15 is 0 Å². The summed E-state index contributed by atoms with van der Waals surface area (Å²) in [4.78, 5) is 28.3. The maximum atomic E-state index is 13.5. The molecule has 196 valence electrons.